The molecule has 3 nitrogen and oxygen atoms in total. The molecule has 1 atom stereocenters. The monoisotopic (exact) mass is 252 g/mol. The van der Waals surface area contributed by atoms with Crippen LogP contribution in [0.5, 0.6) is 0 Å². The Morgan fingerprint density at radius 1 is 1.28 bits per heavy atom. The lowest BCUT2D eigenvalue weighted by Gasteiger charge is -2.01. The zero-order valence-corrected chi connectivity index (χ0v) is 11.8. The van der Waals surface area contributed by atoms with E-state index in [9.17, 15) is 4.79 Å². The molecule has 0 saturated carbocycles. The summed E-state index contributed by atoms with van der Waals surface area (Å²) < 4.78 is 5.54. The molecule has 1 aliphatic rings. The van der Waals surface area contributed by atoms with Crippen LogP contribution in [-0.2, 0) is 9.53 Å². The first-order valence-electron chi connectivity index (χ1n) is 6.55. The molecule has 0 bridgehead atoms. The summed E-state index contributed by atoms with van der Waals surface area (Å²) in [4.78, 5) is 10.4. The van der Waals surface area contributed by atoms with Crippen molar-refractivity contribution < 1.29 is 14.6 Å². The third-order valence-electron chi connectivity index (χ3n) is 3.37. The van der Waals surface area contributed by atoms with E-state index in [0.29, 0.717) is 6.10 Å². The smallest absolute Gasteiger partial charge is 0.328 e. The van der Waals surface area contributed by atoms with Gasteiger partial charge in [0.05, 0.1) is 11.7 Å². The highest BCUT2D eigenvalue weighted by Crippen LogP contribution is 2.38. The molecule has 1 rings (SSSR count). The molecule has 1 heterocycles. The van der Waals surface area contributed by atoms with Crippen LogP contribution in [0.2, 0.25) is 0 Å². The molecule has 0 spiro atoms. The predicted octanol–water partition coefficient (Wildman–Crippen LogP) is 3.70. The Kier molecular flexibility index (Phi) is 5.15. The molecule has 0 aromatic rings. The summed E-state index contributed by atoms with van der Waals surface area (Å²) in [5.41, 5.74) is 2.36. The summed E-state index contributed by atoms with van der Waals surface area (Å²) in [5.74, 6) is -0.860. The van der Waals surface area contributed by atoms with Crippen molar-refractivity contribution in [2.24, 2.45) is 0 Å². The number of carbonyl (C=O) groups is 1. The van der Waals surface area contributed by atoms with Gasteiger partial charge in [0.25, 0.3) is 0 Å². The van der Waals surface area contributed by atoms with Gasteiger partial charge in [-0.2, -0.15) is 0 Å². The van der Waals surface area contributed by atoms with Crippen LogP contribution in [0, 0.1) is 0 Å². The maximum absolute atomic E-state index is 10.4. The molecule has 0 radical (unpaired) electrons. The van der Waals surface area contributed by atoms with E-state index in [0.717, 1.165) is 31.3 Å². The van der Waals surface area contributed by atoms with Gasteiger partial charge in [-0.25, -0.2) is 4.79 Å². The van der Waals surface area contributed by atoms with Gasteiger partial charge in [0, 0.05) is 6.08 Å². The van der Waals surface area contributed by atoms with Gasteiger partial charge in [0.1, 0.15) is 0 Å². The average Bonchev–Trinajstić information content (AvgIpc) is 2.82. The van der Waals surface area contributed by atoms with Crippen LogP contribution in [0.25, 0.3) is 0 Å². The Bertz CT molecular complexity index is 364. The highest BCUT2D eigenvalue weighted by Gasteiger charge is 2.46. The number of rotatable bonds is 7. The van der Waals surface area contributed by atoms with Crippen LogP contribution in [0.3, 0.4) is 0 Å². The maximum atomic E-state index is 10.4. The molecule has 1 unspecified atom stereocenters. The minimum atomic E-state index is -0.860. The summed E-state index contributed by atoms with van der Waals surface area (Å²) in [6.45, 7) is 8.23. The van der Waals surface area contributed by atoms with E-state index >= 15 is 0 Å². The highest BCUT2D eigenvalue weighted by molar-refractivity contribution is 5.80. The Hall–Kier alpha value is -1.09. The topological polar surface area (TPSA) is 49.8 Å². The Labute approximate surface area is 110 Å². The van der Waals surface area contributed by atoms with Gasteiger partial charge < -0.3 is 9.84 Å². The van der Waals surface area contributed by atoms with E-state index in [1.807, 2.05) is 6.92 Å². The van der Waals surface area contributed by atoms with Crippen LogP contribution in [-0.4, -0.2) is 22.8 Å². The Morgan fingerprint density at radius 2 is 1.89 bits per heavy atom. The summed E-state index contributed by atoms with van der Waals surface area (Å²) in [6.07, 6.45) is 7.77. The number of epoxide rings is 1. The number of allylic oxidation sites excluding steroid dienone is 3. The maximum Gasteiger partial charge on any atom is 0.328 e. The molecule has 0 aliphatic carbocycles. The molecule has 0 amide bonds. The number of carboxylic acids is 1. The van der Waals surface area contributed by atoms with Crippen molar-refractivity contribution in [1.29, 1.82) is 0 Å². The van der Waals surface area contributed by atoms with Gasteiger partial charge in [0.2, 0.25) is 0 Å². The van der Waals surface area contributed by atoms with Crippen molar-refractivity contribution in [3.63, 3.8) is 0 Å². The number of ether oxygens (including phenoxy) is 1. The second-order valence-corrected chi connectivity index (χ2v) is 5.67. The van der Waals surface area contributed by atoms with Gasteiger partial charge in [-0.1, -0.05) is 17.2 Å². The molecule has 18 heavy (non-hydrogen) atoms. The van der Waals surface area contributed by atoms with Crippen LogP contribution in [0.15, 0.2) is 23.3 Å². The first-order valence-corrected chi connectivity index (χ1v) is 6.55. The van der Waals surface area contributed by atoms with Crippen molar-refractivity contribution in [2.75, 3.05) is 0 Å². The lowest BCUT2D eigenvalue weighted by atomic mass is 10.0. The van der Waals surface area contributed by atoms with E-state index in [4.69, 9.17) is 9.84 Å². The highest BCUT2D eigenvalue weighted by atomic mass is 16.6. The van der Waals surface area contributed by atoms with E-state index < -0.39 is 5.97 Å². The number of carboxylic acid groups (broad SMARTS) is 1. The third-order valence-corrected chi connectivity index (χ3v) is 3.37. The first kappa shape index (κ1) is 15.0. The fraction of sp³-hybridized carbons (Fsp3) is 0.667. The summed E-state index contributed by atoms with van der Waals surface area (Å²) in [6, 6.07) is 0. The Balaban J connectivity index is 2.20. The van der Waals surface area contributed by atoms with E-state index in [1.54, 1.807) is 0 Å². The molecule has 1 aliphatic heterocycles. The minimum absolute atomic E-state index is 0.0844. The third kappa shape index (κ3) is 5.50. The quantitative estimate of drug-likeness (QED) is 0.427. The summed E-state index contributed by atoms with van der Waals surface area (Å²) in [5, 5.41) is 8.59. The largest absolute Gasteiger partial charge is 0.478 e. The molecule has 3 heteroatoms. The van der Waals surface area contributed by atoms with Crippen LogP contribution in [0.4, 0.5) is 0 Å². The van der Waals surface area contributed by atoms with Crippen molar-refractivity contribution in [3.8, 4) is 0 Å². The first-order chi connectivity index (χ1) is 8.31. The van der Waals surface area contributed by atoms with Crippen molar-refractivity contribution >= 4 is 5.97 Å². The van der Waals surface area contributed by atoms with Crippen molar-refractivity contribution in [3.05, 3.63) is 23.3 Å². The zero-order valence-electron chi connectivity index (χ0n) is 11.8. The van der Waals surface area contributed by atoms with Gasteiger partial charge in [-0.3, -0.25) is 0 Å². The van der Waals surface area contributed by atoms with Crippen LogP contribution < -0.4 is 0 Å². The minimum Gasteiger partial charge on any atom is -0.478 e. The van der Waals surface area contributed by atoms with E-state index in [1.165, 1.54) is 11.6 Å². The SMILES string of the molecule is CC(=CC(=O)O)CCC=C(C)CCC1OC1(C)C. The fourth-order valence-corrected chi connectivity index (χ4v) is 2.03. The predicted molar refractivity (Wildman–Crippen MR) is 72.6 cm³/mol. The number of aliphatic carboxylic acids is 1. The lowest BCUT2D eigenvalue weighted by molar-refractivity contribution is -0.131. The van der Waals surface area contributed by atoms with Gasteiger partial charge in [-0.15, -0.1) is 0 Å². The average molecular weight is 252 g/mol. The molecule has 0 aromatic heterocycles. The van der Waals surface area contributed by atoms with Gasteiger partial charge in [-0.05, 0) is 53.4 Å². The molecule has 1 N–H and O–H groups in total. The van der Waals surface area contributed by atoms with Crippen molar-refractivity contribution in [1.82, 2.24) is 0 Å². The molecular weight excluding hydrogens is 228 g/mol. The lowest BCUT2D eigenvalue weighted by Crippen LogP contribution is -2.02. The standard InChI is InChI=1S/C15H24O3/c1-11(8-9-13-15(3,4)18-13)6-5-7-12(2)10-14(16)17/h6,10,13H,5,7-9H2,1-4H3,(H,16,17). The fourth-order valence-electron chi connectivity index (χ4n) is 2.03. The van der Waals surface area contributed by atoms with E-state index in [-0.39, 0.29) is 5.60 Å². The molecular formula is C15H24O3. The molecule has 1 saturated heterocycles. The van der Waals surface area contributed by atoms with Crippen molar-refractivity contribution in [2.45, 2.75) is 65.1 Å². The zero-order chi connectivity index (χ0) is 13.8. The molecule has 0 aromatic carbocycles. The van der Waals surface area contributed by atoms with Gasteiger partial charge in [0.15, 0.2) is 0 Å². The Morgan fingerprint density at radius 3 is 2.39 bits per heavy atom. The van der Waals surface area contributed by atoms with E-state index in [2.05, 4.69) is 26.8 Å². The second-order valence-electron chi connectivity index (χ2n) is 5.67. The summed E-state index contributed by atoms with van der Waals surface area (Å²) >= 11 is 0. The van der Waals surface area contributed by atoms with Gasteiger partial charge >= 0.3 is 5.97 Å². The molecule has 102 valence electrons. The number of hydrogen-bond donors (Lipinski definition) is 1. The summed E-state index contributed by atoms with van der Waals surface area (Å²) in [7, 11) is 0. The van der Waals surface area contributed by atoms with Crippen LogP contribution in [0.1, 0.15) is 53.4 Å². The second kappa shape index (κ2) is 6.19. The number of hydrogen-bond acceptors (Lipinski definition) is 2. The normalized spacial score (nSPS) is 23.0. The molecule has 1 fully saturated rings. The van der Waals surface area contributed by atoms with Crippen LogP contribution >= 0.6 is 0 Å².